The zero-order valence-electron chi connectivity index (χ0n) is 11.0. The van der Waals surface area contributed by atoms with Gasteiger partial charge in [-0.3, -0.25) is 0 Å². The van der Waals surface area contributed by atoms with Crippen molar-refractivity contribution in [2.24, 2.45) is 5.92 Å². The summed E-state index contributed by atoms with van der Waals surface area (Å²) in [6.07, 6.45) is 5.77. The Kier molecular flexibility index (Phi) is 7.81. The first kappa shape index (κ1) is 13.9. The standard InChI is InChI=1S/C13H28N2O/c1-3-15(10-11-16-2)9-8-14-12-13-6-4-5-7-13/h13-14H,3-12H2,1-2H3. The molecule has 1 saturated carbocycles. The number of nitrogens with one attached hydrogen (secondary N) is 1. The van der Waals surface area contributed by atoms with E-state index in [1.807, 2.05) is 0 Å². The molecule has 1 aliphatic carbocycles. The van der Waals surface area contributed by atoms with E-state index in [1.54, 1.807) is 7.11 Å². The molecular formula is C13H28N2O. The molecule has 0 bridgehead atoms. The summed E-state index contributed by atoms with van der Waals surface area (Å²) in [4.78, 5) is 2.44. The maximum atomic E-state index is 5.10. The smallest absolute Gasteiger partial charge is 0.0589 e. The molecule has 0 radical (unpaired) electrons. The van der Waals surface area contributed by atoms with E-state index in [0.29, 0.717) is 0 Å². The fraction of sp³-hybridized carbons (Fsp3) is 1.00. The molecule has 0 amide bonds. The fourth-order valence-corrected chi connectivity index (χ4v) is 2.41. The van der Waals surface area contributed by atoms with Gasteiger partial charge < -0.3 is 15.0 Å². The van der Waals surface area contributed by atoms with Gasteiger partial charge in [0.05, 0.1) is 6.61 Å². The number of methoxy groups -OCH3 is 1. The first-order valence-electron chi connectivity index (χ1n) is 6.78. The molecule has 0 aliphatic heterocycles. The molecule has 3 nitrogen and oxygen atoms in total. The Bertz CT molecular complexity index is 158. The van der Waals surface area contributed by atoms with E-state index in [0.717, 1.165) is 38.7 Å². The Balaban J connectivity index is 1.95. The lowest BCUT2D eigenvalue weighted by molar-refractivity contribution is 0.151. The summed E-state index contributed by atoms with van der Waals surface area (Å²) in [7, 11) is 1.77. The van der Waals surface area contributed by atoms with Crippen LogP contribution in [0.2, 0.25) is 0 Å². The minimum atomic E-state index is 0.844. The molecule has 3 heteroatoms. The number of hydrogen-bond acceptors (Lipinski definition) is 3. The molecule has 1 rings (SSSR count). The second-order valence-electron chi connectivity index (χ2n) is 4.78. The maximum absolute atomic E-state index is 5.10. The van der Waals surface area contributed by atoms with Crippen molar-refractivity contribution in [3.63, 3.8) is 0 Å². The quantitative estimate of drug-likeness (QED) is 0.608. The van der Waals surface area contributed by atoms with Gasteiger partial charge in [-0.1, -0.05) is 19.8 Å². The van der Waals surface area contributed by atoms with Gasteiger partial charge in [-0.2, -0.15) is 0 Å². The molecule has 0 saturated heterocycles. The Morgan fingerprint density at radius 2 is 2.00 bits per heavy atom. The molecule has 0 heterocycles. The van der Waals surface area contributed by atoms with E-state index >= 15 is 0 Å². The highest BCUT2D eigenvalue weighted by Crippen LogP contribution is 2.23. The van der Waals surface area contributed by atoms with Gasteiger partial charge in [0.25, 0.3) is 0 Å². The molecule has 0 spiro atoms. The fourth-order valence-electron chi connectivity index (χ4n) is 2.41. The van der Waals surface area contributed by atoms with Crippen LogP contribution in [0.3, 0.4) is 0 Å². The molecule has 96 valence electrons. The van der Waals surface area contributed by atoms with Gasteiger partial charge in [0, 0.05) is 26.7 Å². The molecule has 0 aromatic carbocycles. The summed E-state index contributed by atoms with van der Waals surface area (Å²) in [5.74, 6) is 0.953. The van der Waals surface area contributed by atoms with Crippen molar-refractivity contribution in [1.29, 1.82) is 0 Å². The topological polar surface area (TPSA) is 24.5 Å². The summed E-state index contributed by atoms with van der Waals surface area (Å²) >= 11 is 0. The molecule has 16 heavy (non-hydrogen) atoms. The summed E-state index contributed by atoms with van der Waals surface area (Å²) < 4.78 is 5.10. The highest BCUT2D eigenvalue weighted by Gasteiger charge is 2.13. The molecular weight excluding hydrogens is 200 g/mol. The number of hydrogen-bond donors (Lipinski definition) is 1. The highest BCUT2D eigenvalue weighted by atomic mass is 16.5. The lowest BCUT2D eigenvalue weighted by Gasteiger charge is -2.20. The maximum Gasteiger partial charge on any atom is 0.0589 e. The number of nitrogens with zero attached hydrogens (tertiary/aromatic N) is 1. The van der Waals surface area contributed by atoms with Crippen LogP contribution in [0, 0.1) is 5.92 Å². The van der Waals surface area contributed by atoms with Crippen molar-refractivity contribution in [2.75, 3.05) is 46.4 Å². The average molecular weight is 228 g/mol. The third-order valence-corrected chi connectivity index (χ3v) is 3.57. The monoisotopic (exact) mass is 228 g/mol. The van der Waals surface area contributed by atoms with Crippen LogP contribution in [-0.2, 0) is 4.74 Å². The Labute approximate surface area is 101 Å². The minimum Gasteiger partial charge on any atom is -0.383 e. The van der Waals surface area contributed by atoms with Crippen molar-refractivity contribution < 1.29 is 4.74 Å². The van der Waals surface area contributed by atoms with Crippen molar-refractivity contribution >= 4 is 0 Å². The van der Waals surface area contributed by atoms with Crippen LogP contribution in [0.5, 0.6) is 0 Å². The van der Waals surface area contributed by atoms with Crippen LogP contribution in [0.15, 0.2) is 0 Å². The van der Waals surface area contributed by atoms with Crippen LogP contribution in [0.25, 0.3) is 0 Å². The molecule has 1 aliphatic rings. The van der Waals surface area contributed by atoms with E-state index in [2.05, 4.69) is 17.1 Å². The van der Waals surface area contributed by atoms with E-state index in [-0.39, 0.29) is 0 Å². The van der Waals surface area contributed by atoms with E-state index in [1.165, 1.54) is 32.2 Å². The second kappa shape index (κ2) is 8.97. The van der Waals surface area contributed by atoms with Crippen molar-refractivity contribution in [2.45, 2.75) is 32.6 Å². The van der Waals surface area contributed by atoms with Crippen LogP contribution < -0.4 is 5.32 Å². The molecule has 0 aromatic heterocycles. The minimum absolute atomic E-state index is 0.844. The zero-order chi connectivity index (χ0) is 11.6. The molecule has 0 aromatic rings. The van der Waals surface area contributed by atoms with Crippen molar-refractivity contribution in [3.05, 3.63) is 0 Å². The molecule has 0 unspecified atom stereocenters. The number of ether oxygens (including phenoxy) is 1. The first-order chi connectivity index (χ1) is 7.86. The molecule has 1 N–H and O–H groups in total. The van der Waals surface area contributed by atoms with Gasteiger partial charge in [0.15, 0.2) is 0 Å². The largest absolute Gasteiger partial charge is 0.383 e. The SMILES string of the molecule is CCN(CCNCC1CCCC1)CCOC. The van der Waals surface area contributed by atoms with Crippen LogP contribution in [-0.4, -0.2) is 51.3 Å². The highest BCUT2D eigenvalue weighted by molar-refractivity contribution is 4.69. The lowest BCUT2D eigenvalue weighted by Crippen LogP contribution is -2.35. The third kappa shape index (κ3) is 5.83. The predicted octanol–water partition coefficient (Wildman–Crippen LogP) is 1.73. The lowest BCUT2D eigenvalue weighted by atomic mass is 10.1. The van der Waals surface area contributed by atoms with Crippen molar-refractivity contribution in [1.82, 2.24) is 10.2 Å². The van der Waals surface area contributed by atoms with Crippen LogP contribution >= 0.6 is 0 Å². The Morgan fingerprint density at radius 1 is 1.25 bits per heavy atom. The first-order valence-corrected chi connectivity index (χ1v) is 6.78. The predicted molar refractivity (Wildman–Crippen MR) is 68.8 cm³/mol. The second-order valence-corrected chi connectivity index (χ2v) is 4.78. The van der Waals surface area contributed by atoms with E-state index < -0.39 is 0 Å². The summed E-state index contributed by atoms with van der Waals surface area (Å²) in [5.41, 5.74) is 0. The third-order valence-electron chi connectivity index (χ3n) is 3.57. The van der Waals surface area contributed by atoms with Gasteiger partial charge in [-0.05, 0) is 31.8 Å². The van der Waals surface area contributed by atoms with Gasteiger partial charge in [0.2, 0.25) is 0 Å². The average Bonchev–Trinajstić information content (AvgIpc) is 2.81. The summed E-state index contributed by atoms with van der Waals surface area (Å²) in [5, 5.41) is 3.59. The van der Waals surface area contributed by atoms with Gasteiger partial charge in [-0.25, -0.2) is 0 Å². The van der Waals surface area contributed by atoms with Crippen LogP contribution in [0.1, 0.15) is 32.6 Å². The normalized spacial score (nSPS) is 17.4. The Morgan fingerprint density at radius 3 is 2.62 bits per heavy atom. The van der Waals surface area contributed by atoms with E-state index in [9.17, 15) is 0 Å². The van der Waals surface area contributed by atoms with Gasteiger partial charge in [0.1, 0.15) is 0 Å². The zero-order valence-corrected chi connectivity index (χ0v) is 11.0. The van der Waals surface area contributed by atoms with Gasteiger partial charge >= 0.3 is 0 Å². The number of likely N-dealkylation sites (N-methyl/N-ethyl adjacent to an activating group) is 1. The van der Waals surface area contributed by atoms with Crippen molar-refractivity contribution in [3.8, 4) is 0 Å². The van der Waals surface area contributed by atoms with Crippen LogP contribution in [0.4, 0.5) is 0 Å². The van der Waals surface area contributed by atoms with Gasteiger partial charge in [-0.15, -0.1) is 0 Å². The summed E-state index contributed by atoms with van der Waals surface area (Å²) in [6.45, 7) is 8.72. The summed E-state index contributed by atoms with van der Waals surface area (Å²) in [6, 6.07) is 0. The Hall–Kier alpha value is -0.120. The van der Waals surface area contributed by atoms with E-state index in [4.69, 9.17) is 4.74 Å². The number of rotatable bonds is 9. The molecule has 0 atom stereocenters. The molecule has 1 fully saturated rings.